The van der Waals surface area contributed by atoms with Crippen molar-refractivity contribution in [2.24, 2.45) is 0 Å². The van der Waals surface area contributed by atoms with Crippen LogP contribution in [0.25, 0.3) is 16.7 Å². The van der Waals surface area contributed by atoms with Gasteiger partial charge in [-0.2, -0.15) is 0 Å². The molecular formula is C29H17ClN4O4. The Balaban J connectivity index is 1.35. The van der Waals surface area contributed by atoms with Gasteiger partial charge in [0.25, 0.3) is 0 Å². The SMILES string of the molecule is O=C(Oc1ccc(NC2=C(n3nnc4ccccc43)C(=O)c3ccccc3C2=O)cc1)c1ccc(Cl)cc1. The number of esters is 1. The van der Waals surface area contributed by atoms with Crippen LogP contribution in [0.15, 0.2) is 103 Å². The number of rotatable bonds is 5. The number of carbonyl (C=O) groups is 3. The molecule has 9 heteroatoms. The lowest BCUT2D eigenvalue weighted by Crippen LogP contribution is -2.28. The third kappa shape index (κ3) is 4.12. The van der Waals surface area contributed by atoms with Gasteiger partial charge in [0, 0.05) is 21.8 Å². The minimum absolute atomic E-state index is 0.0651. The van der Waals surface area contributed by atoms with Crippen LogP contribution in [-0.2, 0) is 0 Å². The van der Waals surface area contributed by atoms with Gasteiger partial charge in [-0.1, -0.05) is 53.2 Å². The number of benzene rings is 4. The summed E-state index contributed by atoms with van der Waals surface area (Å²) < 4.78 is 6.82. The number of nitrogens with one attached hydrogen (secondary N) is 1. The van der Waals surface area contributed by atoms with E-state index in [1.165, 1.54) is 4.68 Å². The number of para-hydroxylation sites is 1. The van der Waals surface area contributed by atoms with E-state index in [0.717, 1.165) is 0 Å². The molecule has 5 aromatic rings. The molecule has 0 spiro atoms. The second kappa shape index (κ2) is 9.42. The summed E-state index contributed by atoms with van der Waals surface area (Å²) in [5, 5.41) is 11.9. The molecule has 184 valence electrons. The number of anilines is 1. The molecule has 6 rings (SSSR count). The van der Waals surface area contributed by atoms with Crippen LogP contribution in [-0.4, -0.2) is 32.5 Å². The molecule has 1 heterocycles. The number of carbonyl (C=O) groups excluding carboxylic acids is 3. The van der Waals surface area contributed by atoms with Crippen molar-refractivity contribution in [2.75, 3.05) is 5.32 Å². The quantitative estimate of drug-likeness (QED) is 0.235. The molecule has 4 aromatic carbocycles. The Morgan fingerprint density at radius 2 is 1.45 bits per heavy atom. The standard InChI is InChI=1S/C29H17ClN4O4/c30-18-11-9-17(10-12-18)29(37)38-20-15-13-19(14-16-20)31-25-26(34-24-8-4-3-7-23(24)32-33-34)28(36)22-6-2-1-5-21(22)27(25)35/h1-16,31H. The van der Waals surface area contributed by atoms with Crippen molar-refractivity contribution in [3.63, 3.8) is 0 Å². The first-order valence-electron chi connectivity index (χ1n) is 11.6. The van der Waals surface area contributed by atoms with Crippen LogP contribution in [0.1, 0.15) is 31.1 Å². The van der Waals surface area contributed by atoms with E-state index in [4.69, 9.17) is 16.3 Å². The van der Waals surface area contributed by atoms with E-state index >= 15 is 0 Å². The van der Waals surface area contributed by atoms with Gasteiger partial charge in [0.05, 0.1) is 11.1 Å². The lowest BCUT2D eigenvalue weighted by molar-refractivity contribution is 0.0734. The summed E-state index contributed by atoms with van der Waals surface area (Å²) in [6, 6.07) is 26.7. The van der Waals surface area contributed by atoms with E-state index in [2.05, 4.69) is 15.6 Å². The molecule has 38 heavy (non-hydrogen) atoms. The fourth-order valence-electron chi connectivity index (χ4n) is 4.22. The lowest BCUT2D eigenvalue weighted by Gasteiger charge is -2.22. The Morgan fingerprint density at radius 1 is 0.789 bits per heavy atom. The molecule has 1 aliphatic rings. The average molecular weight is 521 g/mol. The minimum Gasteiger partial charge on any atom is -0.423 e. The first kappa shape index (κ1) is 23.3. The van der Waals surface area contributed by atoms with E-state index in [9.17, 15) is 14.4 Å². The molecule has 0 bridgehead atoms. The zero-order chi connectivity index (χ0) is 26.2. The monoisotopic (exact) mass is 520 g/mol. The molecule has 8 nitrogen and oxygen atoms in total. The number of nitrogens with zero attached hydrogens (tertiary/aromatic N) is 3. The Labute approximate surface area is 221 Å². The van der Waals surface area contributed by atoms with Gasteiger partial charge in [-0.3, -0.25) is 9.59 Å². The van der Waals surface area contributed by atoms with E-state index in [1.807, 2.05) is 12.1 Å². The molecule has 0 aliphatic heterocycles. The van der Waals surface area contributed by atoms with Gasteiger partial charge in [0.2, 0.25) is 11.6 Å². The second-order valence-electron chi connectivity index (χ2n) is 8.46. The van der Waals surface area contributed by atoms with Gasteiger partial charge in [-0.15, -0.1) is 5.10 Å². The van der Waals surface area contributed by atoms with E-state index in [1.54, 1.807) is 84.9 Å². The highest BCUT2D eigenvalue weighted by molar-refractivity contribution is 6.38. The van der Waals surface area contributed by atoms with Crippen molar-refractivity contribution < 1.29 is 19.1 Å². The van der Waals surface area contributed by atoms with Crippen molar-refractivity contribution in [1.82, 2.24) is 15.0 Å². The Morgan fingerprint density at radius 3 is 2.18 bits per heavy atom. The summed E-state index contributed by atoms with van der Waals surface area (Å²) in [6.45, 7) is 0. The molecular weight excluding hydrogens is 504 g/mol. The summed E-state index contributed by atoms with van der Waals surface area (Å²) in [7, 11) is 0. The van der Waals surface area contributed by atoms with Crippen LogP contribution in [0.4, 0.5) is 5.69 Å². The molecule has 0 atom stereocenters. The largest absolute Gasteiger partial charge is 0.423 e. The first-order valence-corrected chi connectivity index (χ1v) is 12.0. The van der Waals surface area contributed by atoms with Crippen LogP contribution < -0.4 is 10.1 Å². The number of Topliss-reactive ketones (excluding diaryl/α,β-unsaturated/α-hetero) is 2. The number of allylic oxidation sites excluding steroid dienone is 2. The number of halogens is 1. The van der Waals surface area contributed by atoms with Crippen molar-refractivity contribution in [3.8, 4) is 5.75 Å². The number of aromatic nitrogens is 3. The van der Waals surface area contributed by atoms with Gasteiger partial charge in [-0.05, 0) is 60.7 Å². The molecule has 0 amide bonds. The fraction of sp³-hybridized carbons (Fsp3) is 0. The lowest BCUT2D eigenvalue weighted by atomic mass is 9.90. The number of hydrogen-bond acceptors (Lipinski definition) is 7. The highest BCUT2D eigenvalue weighted by Gasteiger charge is 2.34. The highest BCUT2D eigenvalue weighted by Crippen LogP contribution is 2.31. The van der Waals surface area contributed by atoms with Crippen LogP contribution in [0.3, 0.4) is 0 Å². The van der Waals surface area contributed by atoms with Gasteiger partial charge in [0.1, 0.15) is 22.7 Å². The fourth-order valence-corrected chi connectivity index (χ4v) is 4.34. The Hall–Kier alpha value is -5.08. The van der Waals surface area contributed by atoms with Crippen LogP contribution in [0, 0.1) is 0 Å². The third-order valence-corrected chi connectivity index (χ3v) is 6.32. The molecule has 0 saturated carbocycles. The van der Waals surface area contributed by atoms with Crippen molar-refractivity contribution in [3.05, 3.63) is 124 Å². The maximum atomic E-state index is 13.6. The van der Waals surface area contributed by atoms with Gasteiger partial charge in [0.15, 0.2) is 0 Å². The molecule has 0 unspecified atom stereocenters. The topological polar surface area (TPSA) is 103 Å². The van der Waals surface area contributed by atoms with Gasteiger partial charge < -0.3 is 10.1 Å². The molecule has 1 aliphatic carbocycles. The third-order valence-electron chi connectivity index (χ3n) is 6.07. The van der Waals surface area contributed by atoms with Crippen LogP contribution in [0.2, 0.25) is 5.02 Å². The van der Waals surface area contributed by atoms with Crippen molar-refractivity contribution >= 4 is 51.6 Å². The molecule has 0 saturated heterocycles. The van der Waals surface area contributed by atoms with Crippen LogP contribution in [0.5, 0.6) is 5.75 Å². The summed E-state index contributed by atoms with van der Waals surface area (Å²) in [4.78, 5) is 39.6. The summed E-state index contributed by atoms with van der Waals surface area (Å²) >= 11 is 5.88. The number of hydrogen-bond donors (Lipinski definition) is 1. The normalized spacial score (nSPS) is 13.0. The zero-order valence-corrected chi connectivity index (χ0v) is 20.3. The maximum Gasteiger partial charge on any atom is 0.343 e. The second-order valence-corrected chi connectivity index (χ2v) is 8.90. The predicted octanol–water partition coefficient (Wildman–Crippen LogP) is 5.66. The Bertz CT molecular complexity index is 1770. The van der Waals surface area contributed by atoms with Crippen molar-refractivity contribution in [2.45, 2.75) is 0 Å². The van der Waals surface area contributed by atoms with Crippen LogP contribution >= 0.6 is 11.6 Å². The highest BCUT2D eigenvalue weighted by atomic mass is 35.5. The summed E-state index contributed by atoms with van der Waals surface area (Å²) in [5.74, 6) is -0.932. The van der Waals surface area contributed by atoms with Gasteiger partial charge in [-0.25, -0.2) is 9.48 Å². The predicted molar refractivity (Wildman–Crippen MR) is 142 cm³/mol. The first-order chi connectivity index (χ1) is 18.5. The van der Waals surface area contributed by atoms with E-state index in [0.29, 0.717) is 44.2 Å². The minimum atomic E-state index is -0.532. The smallest absolute Gasteiger partial charge is 0.343 e. The summed E-state index contributed by atoms with van der Waals surface area (Å²) in [5.41, 5.74) is 2.77. The number of ketones is 2. The van der Waals surface area contributed by atoms with Crippen molar-refractivity contribution in [1.29, 1.82) is 0 Å². The van der Waals surface area contributed by atoms with Gasteiger partial charge >= 0.3 is 5.97 Å². The van der Waals surface area contributed by atoms with E-state index < -0.39 is 5.97 Å². The zero-order valence-electron chi connectivity index (χ0n) is 19.6. The van der Waals surface area contributed by atoms with E-state index in [-0.39, 0.29) is 23.0 Å². The molecule has 0 radical (unpaired) electrons. The molecule has 0 fully saturated rings. The maximum absolute atomic E-state index is 13.6. The molecule has 1 N–H and O–H groups in total. The number of ether oxygens (including phenoxy) is 1. The average Bonchev–Trinajstić information content (AvgIpc) is 3.37. The summed E-state index contributed by atoms with van der Waals surface area (Å²) in [6.07, 6.45) is 0. The molecule has 1 aromatic heterocycles. The Kier molecular flexibility index (Phi) is 5.78. The number of fused-ring (bicyclic) bond motifs is 2.